The number of fused-ring (bicyclic) bond motifs is 1. The molecule has 2 aromatic heterocycles. The Kier molecular flexibility index (Phi) is 4.85. The summed E-state index contributed by atoms with van der Waals surface area (Å²) in [6.45, 7) is 1.83. The number of benzene rings is 1. The number of aryl methyl sites for hydroxylation is 1. The molecular formula is C18H21N5O5. The van der Waals surface area contributed by atoms with Crippen LogP contribution in [-0.4, -0.2) is 59.5 Å². The molecule has 28 heavy (non-hydrogen) atoms. The van der Waals surface area contributed by atoms with Crippen LogP contribution >= 0.6 is 0 Å². The van der Waals surface area contributed by atoms with Gasteiger partial charge in [0.25, 0.3) is 0 Å². The highest BCUT2D eigenvalue weighted by Crippen LogP contribution is 2.30. The standard InChI is InChI=1S/C18H21N5O5/c1-10-4-2-3-5-11(10)7-27-23-9-21-17-13(16(23)19)20-8-22(17)18-15(26)14(25)12(6-24)28-18/h2-5,8-9,12,14-15,18-19,24-26H,6-7H2,1H3/t12-,14-,15-,18-/m1/s1. The van der Waals surface area contributed by atoms with Crippen LogP contribution < -0.4 is 10.3 Å². The van der Waals surface area contributed by atoms with Crippen LogP contribution in [0.3, 0.4) is 0 Å². The fourth-order valence-corrected chi connectivity index (χ4v) is 3.22. The van der Waals surface area contributed by atoms with E-state index in [9.17, 15) is 15.3 Å². The average molecular weight is 387 g/mol. The molecule has 0 unspecified atom stereocenters. The number of aliphatic hydroxyl groups is 3. The molecule has 148 valence electrons. The number of nitrogens with one attached hydrogen (secondary N) is 1. The van der Waals surface area contributed by atoms with E-state index < -0.39 is 31.1 Å². The van der Waals surface area contributed by atoms with Gasteiger partial charge in [0.05, 0.1) is 12.9 Å². The van der Waals surface area contributed by atoms with Crippen LogP contribution in [0.2, 0.25) is 0 Å². The predicted molar refractivity (Wildman–Crippen MR) is 95.8 cm³/mol. The molecule has 1 fully saturated rings. The molecule has 0 aliphatic carbocycles. The summed E-state index contributed by atoms with van der Waals surface area (Å²) in [7, 11) is 0. The maximum absolute atomic E-state index is 10.2. The van der Waals surface area contributed by atoms with Gasteiger partial charge in [-0.2, -0.15) is 4.73 Å². The molecule has 0 spiro atoms. The third-order valence-corrected chi connectivity index (χ3v) is 4.91. The van der Waals surface area contributed by atoms with Gasteiger partial charge in [0.15, 0.2) is 22.9 Å². The summed E-state index contributed by atoms with van der Waals surface area (Å²) in [4.78, 5) is 14.1. The van der Waals surface area contributed by atoms with Crippen molar-refractivity contribution in [2.45, 2.75) is 38.1 Å². The van der Waals surface area contributed by atoms with Crippen LogP contribution in [0.15, 0.2) is 36.9 Å². The first-order chi connectivity index (χ1) is 13.5. The van der Waals surface area contributed by atoms with E-state index in [1.807, 2.05) is 31.2 Å². The van der Waals surface area contributed by atoms with E-state index in [0.717, 1.165) is 11.1 Å². The van der Waals surface area contributed by atoms with E-state index in [1.165, 1.54) is 22.0 Å². The number of rotatable bonds is 5. The Morgan fingerprint density at radius 3 is 2.68 bits per heavy atom. The van der Waals surface area contributed by atoms with Gasteiger partial charge in [-0.1, -0.05) is 24.3 Å². The predicted octanol–water partition coefficient (Wildman–Crippen LogP) is -0.739. The zero-order valence-corrected chi connectivity index (χ0v) is 15.1. The first-order valence-electron chi connectivity index (χ1n) is 8.80. The number of nitrogens with zero attached hydrogens (tertiary/aromatic N) is 4. The number of aliphatic hydroxyl groups excluding tert-OH is 3. The van der Waals surface area contributed by atoms with Crippen molar-refractivity contribution >= 4 is 11.2 Å². The van der Waals surface area contributed by atoms with Gasteiger partial charge in [-0.3, -0.25) is 9.98 Å². The first-order valence-corrected chi connectivity index (χ1v) is 8.80. The van der Waals surface area contributed by atoms with Gasteiger partial charge in [-0.05, 0) is 18.1 Å². The lowest BCUT2D eigenvalue weighted by Gasteiger charge is -2.16. The van der Waals surface area contributed by atoms with Gasteiger partial charge in [-0.15, -0.1) is 0 Å². The van der Waals surface area contributed by atoms with Crippen molar-refractivity contribution in [1.82, 2.24) is 19.3 Å². The molecule has 10 heteroatoms. The van der Waals surface area contributed by atoms with Crippen molar-refractivity contribution < 1.29 is 24.9 Å². The van der Waals surface area contributed by atoms with E-state index in [4.69, 9.17) is 15.0 Å². The van der Waals surface area contributed by atoms with Crippen molar-refractivity contribution in [2.75, 3.05) is 6.61 Å². The summed E-state index contributed by atoms with van der Waals surface area (Å²) in [5, 5.41) is 37.7. The molecule has 0 amide bonds. The van der Waals surface area contributed by atoms with Crippen molar-refractivity contribution in [3.05, 3.63) is 53.5 Å². The minimum Gasteiger partial charge on any atom is -0.406 e. The Bertz CT molecular complexity index is 1050. The van der Waals surface area contributed by atoms with Gasteiger partial charge >= 0.3 is 0 Å². The summed E-state index contributed by atoms with van der Waals surface area (Å²) in [5.74, 6) is 0. The number of aromatic nitrogens is 4. The molecule has 4 atom stereocenters. The van der Waals surface area contributed by atoms with Gasteiger partial charge in [0.2, 0.25) is 0 Å². The van der Waals surface area contributed by atoms with Crippen molar-refractivity contribution in [2.24, 2.45) is 0 Å². The number of hydrogen-bond donors (Lipinski definition) is 4. The summed E-state index contributed by atoms with van der Waals surface area (Å²) < 4.78 is 8.17. The fourth-order valence-electron chi connectivity index (χ4n) is 3.22. The lowest BCUT2D eigenvalue weighted by atomic mass is 10.1. The van der Waals surface area contributed by atoms with Crippen LogP contribution in [0.5, 0.6) is 0 Å². The molecule has 0 saturated carbocycles. The minimum absolute atomic E-state index is 0.0101. The Balaban J connectivity index is 1.61. The van der Waals surface area contributed by atoms with Crippen LogP contribution in [0.4, 0.5) is 0 Å². The van der Waals surface area contributed by atoms with Gasteiger partial charge in [0.1, 0.15) is 31.2 Å². The van der Waals surface area contributed by atoms with E-state index >= 15 is 0 Å². The molecule has 3 heterocycles. The number of ether oxygens (including phenoxy) is 1. The zero-order chi connectivity index (χ0) is 19.8. The lowest BCUT2D eigenvalue weighted by Crippen LogP contribution is -2.33. The molecule has 10 nitrogen and oxygen atoms in total. The van der Waals surface area contributed by atoms with Crippen LogP contribution in [0, 0.1) is 12.3 Å². The zero-order valence-electron chi connectivity index (χ0n) is 15.1. The van der Waals surface area contributed by atoms with Crippen LogP contribution in [-0.2, 0) is 11.3 Å². The molecule has 4 rings (SSSR count). The van der Waals surface area contributed by atoms with Gasteiger partial charge < -0.3 is 24.9 Å². The second kappa shape index (κ2) is 7.32. The molecule has 4 N–H and O–H groups in total. The first kappa shape index (κ1) is 18.6. The third-order valence-electron chi connectivity index (χ3n) is 4.91. The van der Waals surface area contributed by atoms with E-state index in [1.54, 1.807) is 0 Å². The Morgan fingerprint density at radius 1 is 1.18 bits per heavy atom. The van der Waals surface area contributed by atoms with E-state index in [2.05, 4.69) is 9.97 Å². The van der Waals surface area contributed by atoms with Gasteiger partial charge in [-0.25, -0.2) is 9.97 Å². The fraction of sp³-hybridized carbons (Fsp3) is 0.389. The molecule has 1 saturated heterocycles. The van der Waals surface area contributed by atoms with E-state index in [-0.39, 0.29) is 17.6 Å². The highest BCUT2D eigenvalue weighted by atomic mass is 16.7. The molecule has 0 bridgehead atoms. The molecule has 1 aliphatic heterocycles. The third kappa shape index (κ3) is 3.06. The molecular weight excluding hydrogens is 366 g/mol. The number of imidazole rings is 1. The largest absolute Gasteiger partial charge is 0.406 e. The summed E-state index contributed by atoms with van der Waals surface area (Å²) in [6, 6.07) is 7.79. The average Bonchev–Trinajstić information content (AvgIpc) is 3.24. The van der Waals surface area contributed by atoms with Gasteiger partial charge in [0, 0.05) is 0 Å². The van der Waals surface area contributed by atoms with Crippen molar-refractivity contribution in [3.8, 4) is 0 Å². The van der Waals surface area contributed by atoms with E-state index in [0.29, 0.717) is 5.65 Å². The molecule has 1 aromatic carbocycles. The quantitative estimate of drug-likeness (QED) is 0.452. The Morgan fingerprint density at radius 2 is 1.96 bits per heavy atom. The minimum atomic E-state index is -1.25. The number of hydrogen-bond acceptors (Lipinski definition) is 8. The lowest BCUT2D eigenvalue weighted by molar-refractivity contribution is -0.0511. The Hall–Kier alpha value is -2.79. The summed E-state index contributed by atoms with van der Waals surface area (Å²) in [6.07, 6.45) is -1.62. The topological polar surface area (TPSA) is 139 Å². The normalized spacial score (nSPS) is 24.7. The van der Waals surface area contributed by atoms with Crippen LogP contribution in [0.1, 0.15) is 17.4 Å². The maximum Gasteiger partial charge on any atom is 0.192 e. The van der Waals surface area contributed by atoms with Crippen molar-refractivity contribution in [3.63, 3.8) is 0 Å². The second-order valence-corrected chi connectivity index (χ2v) is 6.67. The Labute approximate surface area is 159 Å². The van der Waals surface area contributed by atoms with Crippen LogP contribution in [0.25, 0.3) is 11.2 Å². The SMILES string of the molecule is Cc1ccccc1COn1cnc2c(ncn2[C@@H]2O[C@H](CO)[C@@H](O)[C@H]2O)c1=N. The molecule has 1 aliphatic rings. The summed E-state index contributed by atoms with van der Waals surface area (Å²) >= 11 is 0. The molecule has 3 aromatic rings. The highest BCUT2D eigenvalue weighted by molar-refractivity contribution is 5.68. The highest BCUT2D eigenvalue weighted by Gasteiger charge is 2.44. The molecule has 0 radical (unpaired) electrons. The van der Waals surface area contributed by atoms with Crippen molar-refractivity contribution in [1.29, 1.82) is 5.41 Å². The summed E-state index contributed by atoms with van der Waals surface area (Å²) in [5.41, 5.74) is 2.62. The monoisotopic (exact) mass is 387 g/mol. The second-order valence-electron chi connectivity index (χ2n) is 6.67. The smallest absolute Gasteiger partial charge is 0.192 e. The maximum atomic E-state index is 10.2.